The van der Waals surface area contributed by atoms with Crippen LogP contribution < -0.4 is 19.7 Å². The molecule has 1 aromatic heterocycles. The van der Waals surface area contributed by atoms with Gasteiger partial charge in [-0.25, -0.2) is 4.79 Å². The van der Waals surface area contributed by atoms with Crippen molar-refractivity contribution in [2.45, 2.75) is 32.5 Å². The average molecular weight is 495 g/mol. The number of carbonyl (C=O) groups is 3. The lowest BCUT2D eigenvalue weighted by atomic mass is 10.1. The number of para-hydroxylation sites is 1. The highest BCUT2D eigenvalue weighted by Gasteiger charge is 2.32. The van der Waals surface area contributed by atoms with Crippen LogP contribution in [-0.2, 0) is 16.2 Å². The van der Waals surface area contributed by atoms with Crippen molar-refractivity contribution >= 4 is 29.2 Å². The Morgan fingerprint density at radius 3 is 2.61 bits per heavy atom. The third kappa shape index (κ3) is 5.93. The lowest BCUT2D eigenvalue weighted by Gasteiger charge is -2.35. The van der Waals surface area contributed by atoms with Gasteiger partial charge in [-0.05, 0) is 49.7 Å². The number of benzene rings is 2. The summed E-state index contributed by atoms with van der Waals surface area (Å²) in [6.45, 7) is 2.41. The fourth-order valence-electron chi connectivity index (χ4n) is 3.78. The fourth-order valence-corrected chi connectivity index (χ4v) is 3.78. The predicted octanol–water partition coefficient (Wildman–Crippen LogP) is 3.33. The van der Waals surface area contributed by atoms with Gasteiger partial charge in [-0.1, -0.05) is 11.2 Å². The number of amides is 1. The van der Waals surface area contributed by atoms with Gasteiger partial charge < -0.3 is 34.4 Å². The number of aliphatic carboxylic acids is 2. The quantitative estimate of drug-likeness (QED) is 0.382. The summed E-state index contributed by atoms with van der Waals surface area (Å²) in [6.07, 6.45) is -0.869. The minimum absolute atomic E-state index is 0.0429. The van der Waals surface area contributed by atoms with Crippen LogP contribution in [0, 0.1) is 6.92 Å². The summed E-state index contributed by atoms with van der Waals surface area (Å²) >= 11 is 0. The van der Waals surface area contributed by atoms with Crippen molar-refractivity contribution < 1.29 is 38.6 Å². The second-order valence-electron chi connectivity index (χ2n) is 8.24. The van der Waals surface area contributed by atoms with Gasteiger partial charge >= 0.3 is 11.9 Å². The van der Waals surface area contributed by atoms with Crippen LogP contribution >= 0.6 is 0 Å². The van der Waals surface area contributed by atoms with Gasteiger partial charge in [0.25, 0.3) is 5.91 Å². The molecular formula is C25H25N3O8. The van der Waals surface area contributed by atoms with Crippen LogP contribution in [0.5, 0.6) is 11.5 Å². The minimum Gasteiger partial charge on any atom is -0.487 e. The molecule has 11 nitrogen and oxygen atoms in total. The summed E-state index contributed by atoms with van der Waals surface area (Å²) in [7, 11) is 0. The second-order valence-corrected chi connectivity index (χ2v) is 8.24. The molecule has 3 aromatic rings. The van der Waals surface area contributed by atoms with Gasteiger partial charge in [0.1, 0.15) is 23.8 Å². The largest absolute Gasteiger partial charge is 0.487 e. The molecule has 2 heterocycles. The highest BCUT2D eigenvalue weighted by molar-refractivity contribution is 6.05. The Bertz CT molecular complexity index is 1250. The first-order valence-electron chi connectivity index (χ1n) is 11.3. The zero-order chi connectivity index (χ0) is 25.7. The Morgan fingerprint density at radius 2 is 1.94 bits per heavy atom. The Morgan fingerprint density at radius 1 is 1.17 bits per heavy atom. The molecule has 1 aliphatic rings. The number of ether oxygens (including phenoxy) is 2. The lowest BCUT2D eigenvalue weighted by molar-refractivity contribution is -0.145. The molecule has 11 heteroatoms. The number of rotatable bonds is 10. The van der Waals surface area contributed by atoms with Crippen molar-refractivity contribution in [1.29, 1.82) is 0 Å². The molecular weight excluding hydrogens is 470 g/mol. The molecule has 0 saturated heterocycles. The van der Waals surface area contributed by atoms with Crippen LogP contribution in [0.2, 0.25) is 0 Å². The normalized spacial score (nSPS) is 14.5. The Hall–Kier alpha value is -4.54. The van der Waals surface area contributed by atoms with E-state index in [2.05, 4.69) is 10.5 Å². The fraction of sp³-hybridized carbons (Fsp3) is 0.280. The van der Waals surface area contributed by atoms with Crippen LogP contribution in [0.1, 0.15) is 34.7 Å². The van der Waals surface area contributed by atoms with E-state index in [9.17, 15) is 19.5 Å². The zero-order valence-electron chi connectivity index (χ0n) is 19.5. The summed E-state index contributed by atoms with van der Waals surface area (Å²) in [6, 6.07) is 13.4. The van der Waals surface area contributed by atoms with Gasteiger partial charge in [-0.2, -0.15) is 0 Å². The molecule has 2 aromatic carbocycles. The summed E-state index contributed by atoms with van der Waals surface area (Å²) in [5.74, 6) is -1.03. The van der Waals surface area contributed by atoms with E-state index in [4.69, 9.17) is 19.1 Å². The summed E-state index contributed by atoms with van der Waals surface area (Å²) in [5.41, 5.74) is 1.91. The molecule has 1 atom stereocenters. The molecule has 1 unspecified atom stereocenters. The Labute approximate surface area is 206 Å². The molecule has 0 aliphatic carbocycles. The molecule has 0 spiro atoms. The predicted molar refractivity (Wildman–Crippen MR) is 128 cm³/mol. The molecule has 0 bridgehead atoms. The molecule has 0 fully saturated rings. The van der Waals surface area contributed by atoms with Crippen molar-refractivity contribution in [2.75, 3.05) is 23.3 Å². The van der Waals surface area contributed by atoms with Crippen LogP contribution in [0.25, 0.3) is 0 Å². The number of aromatic nitrogens is 1. The number of aryl methyl sites for hydroxylation is 1. The van der Waals surface area contributed by atoms with Crippen molar-refractivity contribution in [3.05, 3.63) is 65.5 Å². The molecule has 3 N–H and O–H groups in total. The third-order valence-electron chi connectivity index (χ3n) is 5.50. The van der Waals surface area contributed by atoms with E-state index in [1.807, 2.05) is 0 Å². The van der Waals surface area contributed by atoms with Crippen LogP contribution in [0.3, 0.4) is 0 Å². The van der Waals surface area contributed by atoms with E-state index in [1.54, 1.807) is 60.4 Å². The van der Waals surface area contributed by atoms with E-state index in [-0.39, 0.29) is 25.3 Å². The van der Waals surface area contributed by atoms with Gasteiger partial charge in [-0.3, -0.25) is 9.59 Å². The highest BCUT2D eigenvalue weighted by atomic mass is 16.5. The smallest absolute Gasteiger partial charge is 0.346 e. The number of nitrogens with one attached hydrogen (secondary N) is 1. The Kier molecular flexibility index (Phi) is 7.38. The van der Waals surface area contributed by atoms with E-state index in [0.717, 1.165) is 0 Å². The second kappa shape index (κ2) is 10.8. The first kappa shape index (κ1) is 24.6. The van der Waals surface area contributed by atoms with E-state index < -0.39 is 23.9 Å². The molecule has 36 heavy (non-hydrogen) atoms. The highest BCUT2D eigenvalue weighted by Crippen LogP contribution is 2.40. The Balaban J connectivity index is 1.46. The van der Waals surface area contributed by atoms with Gasteiger partial charge in [0.15, 0.2) is 5.75 Å². The average Bonchev–Trinajstić information content (AvgIpc) is 3.28. The number of carboxylic acids is 2. The number of fused-ring (bicyclic) bond motifs is 1. The van der Waals surface area contributed by atoms with Crippen LogP contribution in [0.15, 0.2) is 53.1 Å². The first-order chi connectivity index (χ1) is 17.3. The third-order valence-corrected chi connectivity index (χ3v) is 5.50. The van der Waals surface area contributed by atoms with Gasteiger partial charge in [0.2, 0.25) is 6.10 Å². The molecule has 1 aliphatic heterocycles. The topological polar surface area (TPSA) is 151 Å². The number of carbonyl (C=O) groups excluding carboxylic acids is 1. The van der Waals surface area contributed by atoms with Crippen molar-refractivity contribution in [2.24, 2.45) is 0 Å². The monoisotopic (exact) mass is 495 g/mol. The molecule has 188 valence electrons. The minimum atomic E-state index is -1.16. The van der Waals surface area contributed by atoms with Crippen molar-refractivity contribution in [1.82, 2.24) is 5.16 Å². The van der Waals surface area contributed by atoms with E-state index in [1.165, 1.54) is 0 Å². The SMILES string of the molecule is Cc1cc(COc2ccc(C(=O)Nc3cccc4c3OC(C(=O)O)CN4CCCC(=O)O)cc2)no1. The van der Waals surface area contributed by atoms with E-state index >= 15 is 0 Å². The molecule has 4 rings (SSSR count). The zero-order valence-corrected chi connectivity index (χ0v) is 19.5. The van der Waals surface area contributed by atoms with Crippen molar-refractivity contribution in [3.8, 4) is 11.5 Å². The van der Waals surface area contributed by atoms with Crippen LogP contribution in [0.4, 0.5) is 11.4 Å². The van der Waals surface area contributed by atoms with Gasteiger partial charge in [0, 0.05) is 24.6 Å². The number of hydrogen-bond acceptors (Lipinski definition) is 8. The maximum atomic E-state index is 12.9. The first-order valence-corrected chi connectivity index (χ1v) is 11.3. The molecule has 1 amide bonds. The van der Waals surface area contributed by atoms with Gasteiger partial charge in [-0.15, -0.1) is 0 Å². The maximum Gasteiger partial charge on any atom is 0.346 e. The van der Waals surface area contributed by atoms with Gasteiger partial charge in [0.05, 0.1) is 17.9 Å². The van der Waals surface area contributed by atoms with Crippen LogP contribution in [-0.4, -0.2) is 52.4 Å². The number of carboxylic acid groups (broad SMARTS) is 2. The molecule has 0 saturated carbocycles. The standard InChI is InChI=1S/C25H25N3O8/c1-15-12-17(27-36-15)14-34-18-9-7-16(8-10-18)24(31)26-19-4-2-5-20-23(19)35-21(25(32)33)13-28(20)11-3-6-22(29)30/h2,4-5,7-10,12,21H,3,6,11,13-14H2,1H3,(H,26,31)(H,29,30)(H,32,33). The number of anilines is 2. The number of nitrogens with zero attached hydrogens (tertiary/aromatic N) is 2. The summed E-state index contributed by atoms with van der Waals surface area (Å²) < 4.78 is 16.4. The summed E-state index contributed by atoms with van der Waals surface area (Å²) in [4.78, 5) is 37.2. The maximum absolute atomic E-state index is 12.9. The molecule has 0 radical (unpaired) electrons. The summed E-state index contributed by atoms with van der Waals surface area (Å²) in [5, 5.41) is 25.1. The lowest BCUT2D eigenvalue weighted by Crippen LogP contribution is -2.45. The van der Waals surface area contributed by atoms with E-state index in [0.29, 0.717) is 47.1 Å². The number of hydrogen-bond donors (Lipinski definition) is 3. The van der Waals surface area contributed by atoms with Crippen molar-refractivity contribution in [3.63, 3.8) is 0 Å².